The quantitative estimate of drug-likeness (QED) is 0.821. The molecule has 0 aliphatic carbocycles. The van der Waals surface area contributed by atoms with Gasteiger partial charge in [-0.3, -0.25) is 0 Å². The van der Waals surface area contributed by atoms with Gasteiger partial charge in [0.1, 0.15) is 6.07 Å². The first kappa shape index (κ1) is 11.5. The molecule has 0 aromatic heterocycles. The van der Waals surface area contributed by atoms with Gasteiger partial charge in [-0.1, -0.05) is 35.9 Å². The molecule has 2 aromatic carbocycles. The fraction of sp³-hybridized carbons (Fsp3) is 0.0714. The van der Waals surface area contributed by atoms with E-state index in [1.165, 1.54) is 0 Å². The van der Waals surface area contributed by atoms with Gasteiger partial charge in [0.05, 0.1) is 5.56 Å². The van der Waals surface area contributed by atoms with Gasteiger partial charge >= 0.3 is 0 Å². The molecule has 0 saturated carbocycles. The summed E-state index contributed by atoms with van der Waals surface area (Å²) >= 11 is 6.09. The molecule has 84 valence electrons. The van der Waals surface area contributed by atoms with Crippen molar-refractivity contribution in [3.05, 3.63) is 64.2 Å². The van der Waals surface area contributed by atoms with E-state index in [0.29, 0.717) is 17.7 Å². The van der Waals surface area contributed by atoms with Crippen LogP contribution in [0.2, 0.25) is 5.02 Å². The van der Waals surface area contributed by atoms with E-state index in [1.807, 2.05) is 30.3 Å². The second-order valence-corrected chi connectivity index (χ2v) is 4.21. The van der Waals surface area contributed by atoms with Gasteiger partial charge in [0.25, 0.3) is 0 Å². The monoisotopic (exact) mass is 242 g/mol. The zero-order valence-corrected chi connectivity index (χ0v) is 9.91. The highest BCUT2D eigenvalue weighted by Gasteiger charge is 2.03. The number of hydrogen-bond donors (Lipinski definition) is 1. The van der Waals surface area contributed by atoms with Gasteiger partial charge in [0.2, 0.25) is 0 Å². The van der Waals surface area contributed by atoms with Crippen molar-refractivity contribution in [3.63, 3.8) is 0 Å². The Balaban J connectivity index is 2.32. The van der Waals surface area contributed by atoms with E-state index in [-0.39, 0.29) is 0 Å². The summed E-state index contributed by atoms with van der Waals surface area (Å²) in [5.74, 6) is 0. The van der Waals surface area contributed by atoms with Gasteiger partial charge in [0, 0.05) is 10.7 Å². The molecule has 2 rings (SSSR count). The predicted molar refractivity (Wildman–Crippen MR) is 69.8 cm³/mol. The van der Waals surface area contributed by atoms with Crippen molar-refractivity contribution in [1.29, 1.82) is 5.26 Å². The van der Waals surface area contributed by atoms with Crippen molar-refractivity contribution in [2.75, 3.05) is 5.73 Å². The minimum atomic E-state index is 0.509. The minimum Gasteiger partial charge on any atom is -0.398 e. The van der Waals surface area contributed by atoms with Crippen molar-refractivity contribution >= 4 is 17.3 Å². The second-order valence-electron chi connectivity index (χ2n) is 3.80. The van der Waals surface area contributed by atoms with E-state index < -0.39 is 0 Å². The lowest BCUT2D eigenvalue weighted by molar-refractivity contribution is 1.19. The Morgan fingerprint density at radius 2 is 1.94 bits per heavy atom. The van der Waals surface area contributed by atoms with Crippen molar-refractivity contribution < 1.29 is 0 Å². The maximum absolute atomic E-state index is 8.91. The molecule has 0 bridgehead atoms. The van der Waals surface area contributed by atoms with E-state index >= 15 is 0 Å². The summed E-state index contributed by atoms with van der Waals surface area (Å²) in [4.78, 5) is 0. The second kappa shape index (κ2) is 4.90. The van der Waals surface area contributed by atoms with Crippen molar-refractivity contribution in [2.24, 2.45) is 0 Å². The summed E-state index contributed by atoms with van der Waals surface area (Å²) in [6, 6.07) is 15.2. The molecule has 3 heteroatoms. The number of halogens is 1. The molecule has 0 radical (unpaired) electrons. The molecule has 0 unspecified atom stereocenters. The lowest BCUT2D eigenvalue weighted by Gasteiger charge is -2.05. The maximum Gasteiger partial charge on any atom is 0.101 e. The van der Waals surface area contributed by atoms with E-state index in [1.54, 1.807) is 12.1 Å². The van der Waals surface area contributed by atoms with Crippen LogP contribution < -0.4 is 5.73 Å². The highest BCUT2D eigenvalue weighted by molar-refractivity contribution is 6.31. The Kier molecular flexibility index (Phi) is 3.32. The fourth-order valence-electron chi connectivity index (χ4n) is 1.67. The van der Waals surface area contributed by atoms with Crippen LogP contribution in [0.5, 0.6) is 0 Å². The van der Waals surface area contributed by atoms with Crippen LogP contribution >= 0.6 is 11.6 Å². The van der Waals surface area contributed by atoms with Crippen LogP contribution in [-0.2, 0) is 6.42 Å². The Morgan fingerprint density at radius 1 is 1.18 bits per heavy atom. The Labute approximate surface area is 105 Å². The van der Waals surface area contributed by atoms with Crippen molar-refractivity contribution in [2.45, 2.75) is 6.42 Å². The first-order valence-corrected chi connectivity index (χ1v) is 5.60. The van der Waals surface area contributed by atoms with Crippen LogP contribution in [0, 0.1) is 11.3 Å². The topological polar surface area (TPSA) is 49.8 Å². The molecule has 0 heterocycles. The molecule has 0 spiro atoms. The van der Waals surface area contributed by atoms with Gasteiger partial charge in [0.15, 0.2) is 0 Å². The summed E-state index contributed by atoms with van der Waals surface area (Å²) < 4.78 is 0. The van der Waals surface area contributed by atoms with Crippen molar-refractivity contribution in [3.8, 4) is 6.07 Å². The summed E-state index contributed by atoms with van der Waals surface area (Å²) in [5, 5.41) is 9.65. The highest BCUT2D eigenvalue weighted by atomic mass is 35.5. The predicted octanol–water partition coefficient (Wildman–Crippen LogP) is 3.38. The van der Waals surface area contributed by atoms with Gasteiger partial charge < -0.3 is 5.73 Å². The molecule has 2 N–H and O–H groups in total. The van der Waals surface area contributed by atoms with Crippen LogP contribution in [-0.4, -0.2) is 0 Å². The number of hydrogen-bond acceptors (Lipinski definition) is 2. The van der Waals surface area contributed by atoms with Crippen LogP contribution in [0.3, 0.4) is 0 Å². The third-order valence-electron chi connectivity index (χ3n) is 2.59. The number of nitrogens with zero attached hydrogens (tertiary/aromatic N) is 1. The summed E-state index contributed by atoms with van der Waals surface area (Å²) in [7, 11) is 0. The number of benzene rings is 2. The molecular weight excluding hydrogens is 232 g/mol. The Bertz CT molecular complexity index is 585. The van der Waals surface area contributed by atoms with Crippen LogP contribution in [0.4, 0.5) is 5.69 Å². The summed E-state index contributed by atoms with van der Waals surface area (Å²) in [6.45, 7) is 0. The number of nitrogen functional groups attached to an aromatic ring is 1. The average molecular weight is 243 g/mol. The molecule has 0 aliphatic heterocycles. The Morgan fingerprint density at radius 3 is 2.65 bits per heavy atom. The standard InChI is InChI=1S/C14H11ClN2/c15-13-4-2-1-3-11(13)7-10-5-6-14(17)12(8-10)9-16/h1-6,8H,7,17H2. The number of anilines is 1. The smallest absolute Gasteiger partial charge is 0.101 e. The first-order valence-electron chi connectivity index (χ1n) is 5.22. The molecule has 0 aliphatic rings. The van der Waals surface area contributed by atoms with Crippen LogP contribution in [0.1, 0.15) is 16.7 Å². The molecular formula is C14H11ClN2. The molecule has 0 saturated heterocycles. The van der Waals surface area contributed by atoms with Gasteiger partial charge in [-0.15, -0.1) is 0 Å². The van der Waals surface area contributed by atoms with E-state index in [4.69, 9.17) is 22.6 Å². The number of rotatable bonds is 2. The lowest BCUT2D eigenvalue weighted by atomic mass is 10.0. The molecule has 17 heavy (non-hydrogen) atoms. The molecule has 0 fully saturated rings. The largest absolute Gasteiger partial charge is 0.398 e. The van der Waals surface area contributed by atoms with Gasteiger partial charge in [-0.05, 0) is 35.7 Å². The van der Waals surface area contributed by atoms with Crippen LogP contribution in [0.25, 0.3) is 0 Å². The zero-order chi connectivity index (χ0) is 12.3. The molecule has 2 nitrogen and oxygen atoms in total. The Hall–Kier alpha value is -1.98. The number of nitrogens with two attached hydrogens (primary N) is 1. The van der Waals surface area contributed by atoms with Crippen LogP contribution in [0.15, 0.2) is 42.5 Å². The van der Waals surface area contributed by atoms with Gasteiger partial charge in [-0.2, -0.15) is 5.26 Å². The van der Waals surface area contributed by atoms with E-state index in [2.05, 4.69) is 6.07 Å². The van der Waals surface area contributed by atoms with Crippen molar-refractivity contribution in [1.82, 2.24) is 0 Å². The maximum atomic E-state index is 8.91. The minimum absolute atomic E-state index is 0.509. The molecule has 0 amide bonds. The third-order valence-corrected chi connectivity index (χ3v) is 2.96. The average Bonchev–Trinajstić information content (AvgIpc) is 2.34. The molecule has 2 aromatic rings. The van der Waals surface area contributed by atoms with E-state index in [9.17, 15) is 0 Å². The fourth-order valence-corrected chi connectivity index (χ4v) is 1.87. The van der Waals surface area contributed by atoms with Gasteiger partial charge in [-0.25, -0.2) is 0 Å². The van der Waals surface area contributed by atoms with E-state index in [0.717, 1.165) is 16.1 Å². The highest BCUT2D eigenvalue weighted by Crippen LogP contribution is 2.21. The summed E-state index contributed by atoms with van der Waals surface area (Å²) in [5.41, 5.74) is 8.77. The SMILES string of the molecule is N#Cc1cc(Cc2ccccc2Cl)ccc1N. The zero-order valence-electron chi connectivity index (χ0n) is 9.15. The number of nitriles is 1. The first-order chi connectivity index (χ1) is 8.20. The molecule has 0 atom stereocenters. The lowest BCUT2D eigenvalue weighted by Crippen LogP contribution is -1.94. The summed E-state index contributed by atoms with van der Waals surface area (Å²) in [6.07, 6.45) is 0.703. The third kappa shape index (κ3) is 2.58. The normalized spacial score (nSPS) is 9.88.